The third-order valence-corrected chi connectivity index (χ3v) is 0.490. The van der Waals surface area contributed by atoms with Crippen LogP contribution in [0.3, 0.4) is 0 Å². The van der Waals surface area contributed by atoms with Gasteiger partial charge in [-0.1, -0.05) is 0 Å². The summed E-state index contributed by atoms with van der Waals surface area (Å²) in [5.41, 5.74) is 0. The average molecular weight is 161 g/mol. The summed E-state index contributed by atoms with van der Waals surface area (Å²) in [5, 5.41) is 8.33. The number of hydrogen-bond acceptors (Lipinski definition) is 2. The summed E-state index contributed by atoms with van der Waals surface area (Å²) in [4.78, 5) is 3.53. The van der Waals surface area contributed by atoms with Crippen LogP contribution in [-0.2, 0) is 16.5 Å². The van der Waals surface area contributed by atoms with E-state index in [0.717, 1.165) is 4.73 Å². The van der Waals surface area contributed by atoms with Gasteiger partial charge in [0.05, 0.1) is 6.20 Å². The average Bonchev–Trinajstić information content (AvgIpc) is 1.86. The predicted octanol–water partition coefficient (Wildman–Crippen LogP) is -0.707. The summed E-state index contributed by atoms with van der Waals surface area (Å²) in [5.74, 6) is 0. The first kappa shape index (κ1) is 10.4. The third-order valence-electron chi connectivity index (χ3n) is 0.490. The van der Waals surface area contributed by atoms with Gasteiger partial charge in [-0.3, -0.25) is 0 Å². The standard InChI is InChI=1S/C3H4N2O.Ni.H2O/c6-5-2-1-4-3-5;;/h1-3,6H;;1H2. The Kier molecular flexibility index (Phi) is 6.03. The van der Waals surface area contributed by atoms with Crippen LogP contribution in [0.4, 0.5) is 0 Å². The van der Waals surface area contributed by atoms with Crippen molar-refractivity contribution in [3.05, 3.63) is 18.7 Å². The number of imidazole rings is 1. The molecule has 0 amide bonds. The van der Waals surface area contributed by atoms with Crippen molar-refractivity contribution in [1.82, 2.24) is 9.71 Å². The minimum absolute atomic E-state index is 0. The van der Waals surface area contributed by atoms with E-state index >= 15 is 0 Å². The molecule has 1 heterocycles. The number of nitrogens with zero attached hydrogens (tertiary/aromatic N) is 2. The van der Waals surface area contributed by atoms with Gasteiger partial charge in [-0.2, -0.15) is 4.73 Å². The fourth-order valence-electron chi connectivity index (χ4n) is 0.252. The molecular weight excluding hydrogens is 155 g/mol. The van der Waals surface area contributed by atoms with Crippen LogP contribution in [0.25, 0.3) is 0 Å². The van der Waals surface area contributed by atoms with Crippen LogP contribution in [0.5, 0.6) is 0 Å². The molecule has 0 spiro atoms. The molecule has 0 aromatic carbocycles. The van der Waals surface area contributed by atoms with Gasteiger partial charge in [0.25, 0.3) is 0 Å². The Bertz CT molecular complexity index is 119. The topological polar surface area (TPSA) is 69.6 Å². The molecule has 1 rings (SSSR count). The molecule has 0 aliphatic heterocycles. The van der Waals surface area contributed by atoms with E-state index in [-0.39, 0.29) is 22.0 Å². The minimum Gasteiger partial charge on any atom is -0.427 e. The van der Waals surface area contributed by atoms with Gasteiger partial charge < -0.3 is 10.7 Å². The minimum atomic E-state index is 0. The van der Waals surface area contributed by atoms with E-state index in [1.54, 1.807) is 0 Å². The maximum atomic E-state index is 8.33. The molecule has 1 aromatic rings. The third kappa shape index (κ3) is 2.61. The quantitative estimate of drug-likeness (QED) is 0.403. The van der Waals surface area contributed by atoms with Gasteiger partial charge in [0, 0.05) is 22.7 Å². The maximum Gasteiger partial charge on any atom is 0.131 e. The van der Waals surface area contributed by atoms with Crippen molar-refractivity contribution in [3.8, 4) is 0 Å². The first-order valence-corrected chi connectivity index (χ1v) is 1.57. The summed E-state index contributed by atoms with van der Waals surface area (Å²) >= 11 is 0. The van der Waals surface area contributed by atoms with Crippen molar-refractivity contribution in [2.45, 2.75) is 0 Å². The molecule has 0 bridgehead atoms. The summed E-state index contributed by atoms with van der Waals surface area (Å²) in [6.45, 7) is 0. The number of rotatable bonds is 0. The molecule has 0 aliphatic carbocycles. The first-order chi connectivity index (χ1) is 2.89. The zero-order valence-electron chi connectivity index (χ0n) is 3.89. The van der Waals surface area contributed by atoms with Crippen LogP contribution in [0, 0.1) is 0 Å². The van der Waals surface area contributed by atoms with Crippen LogP contribution in [-0.4, -0.2) is 20.4 Å². The Labute approximate surface area is 56.3 Å². The van der Waals surface area contributed by atoms with Crippen LogP contribution >= 0.6 is 0 Å². The van der Waals surface area contributed by atoms with Crippen molar-refractivity contribution in [3.63, 3.8) is 0 Å². The monoisotopic (exact) mass is 160 g/mol. The van der Waals surface area contributed by atoms with Gasteiger partial charge in [-0.25, -0.2) is 4.98 Å². The molecule has 3 N–H and O–H groups in total. The van der Waals surface area contributed by atoms with E-state index in [2.05, 4.69) is 4.98 Å². The van der Waals surface area contributed by atoms with Crippen molar-refractivity contribution in [2.24, 2.45) is 0 Å². The molecule has 0 aliphatic rings. The molecule has 4 nitrogen and oxygen atoms in total. The van der Waals surface area contributed by atoms with Gasteiger partial charge in [0.15, 0.2) is 0 Å². The summed E-state index contributed by atoms with van der Waals surface area (Å²) in [6, 6.07) is 0. The Balaban J connectivity index is 0. The Morgan fingerprint density at radius 1 is 1.50 bits per heavy atom. The molecule has 50 valence electrons. The van der Waals surface area contributed by atoms with Crippen LogP contribution in [0.1, 0.15) is 0 Å². The second-order valence-electron chi connectivity index (χ2n) is 0.943. The van der Waals surface area contributed by atoms with Crippen LogP contribution < -0.4 is 0 Å². The predicted molar refractivity (Wildman–Crippen MR) is 23.0 cm³/mol. The summed E-state index contributed by atoms with van der Waals surface area (Å²) < 4.78 is 0.889. The van der Waals surface area contributed by atoms with Crippen molar-refractivity contribution < 1.29 is 27.2 Å². The molecule has 8 heavy (non-hydrogen) atoms. The summed E-state index contributed by atoms with van der Waals surface area (Å²) in [7, 11) is 0. The van der Waals surface area contributed by atoms with Crippen LogP contribution in [0.15, 0.2) is 18.7 Å². The van der Waals surface area contributed by atoms with E-state index in [4.69, 9.17) is 5.21 Å². The molecule has 0 atom stereocenters. The molecule has 0 saturated heterocycles. The maximum absolute atomic E-state index is 8.33. The molecule has 0 fully saturated rings. The van der Waals surface area contributed by atoms with Crippen molar-refractivity contribution in [1.29, 1.82) is 0 Å². The van der Waals surface area contributed by atoms with Gasteiger partial charge in [0.2, 0.25) is 0 Å². The van der Waals surface area contributed by atoms with Crippen molar-refractivity contribution in [2.75, 3.05) is 0 Å². The summed E-state index contributed by atoms with van der Waals surface area (Å²) in [6.07, 6.45) is 4.25. The zero-order chi connectivity index (χ0) is 4.41. The van der Waals surface area contributed by atoms with Gasteiger partial charge in [-0.15, -0.1) is 0 Å². The largest absolute Gasteiger partial charge is 0.427 e. The normalized spacial score (nSPS) is 6.50. The molecule has 1 aromatic heterocycles. The van der Waals surface area contributed by atoms with Gasteiger partial charge in [-0.05, 0) is 0 Å². The van der Waals surface area contributed by atoms with E-state index in [1.165, 1.54) is 18.7 Å². The Morgan fingerprint density at radius 3 is 2.25 bits per heavy atom. The van der Waals surface area contributed by atoms with Gasteiger partial charge >= 0.3 is 0 Å². The fourth-order valence-corrected chi connectivity index (χ4v) is 0.252. The molecular formula is C3H6N2NiO2. The smallest absolute Gasteiger partial charge is 0.131 e. The van der Waals surface area contributed by atoms with E-state index in [1.807, 2.05) is 0 Å². The molecule has 0 saturated carbocycles. The second kappa shape index (κ2) is 4.62. The SMILES string of the molecule is O.On1ccnc1.[Ni]. The van der Waals surface area contributed by atoms with E-state index in [0.29, 0.717) is 0 Å². The molecule has 0 unspecified atom stereocenters. The fraction of sp³-hybridized carbons (Fsp3) is 0. The van der Waals surface area contributed by atoms with Gasteiger partial charge in [0.1, 0.15) is 6.33 Å². The number of aromatic nitrogens is 2. The second-order valence-corrected chi connectivity index (χ2v) is 0.943. The molecule has 5 heteroatoms. The van der Waals surface area contributed by atoms with E-state index < -0.39 is 0 Å². The number of hydrogen-bond donors (Lipinski definition) is 1. The Hall–Kier alpha value is -0.536. The zero-order valence-corrected chi connectivity index (χ0v) is 4.88. The van der Waals surface area contributed by atoms with Crippen LogP contribution in [0.2, 0.25) is 0 Å². The Morgan fingerprint density at radius 2 is 2.12 bits per heavy atom. The first-order valence-electron chi connectivity index (χ1n) is 1.57. The van der Waals surface area contributed by atoms with E-state index in [9.17, 15) is 0 Å². The van der Waals surface area contributed by atoms with Crippen molar-refractivity contribution >= 4 is 0 Å². The molecule has 0 radical (unpaired) electrons.